The lowest BCUT2D eigenvalue weighted by atomic mass is 10.0. The number of furan rings is 1. The van der Waals surface area contributed by atoms with E-state index in [-0.39, 0.29) is 0 Å². The largest absolute Gasteiger partial charge is 0.456 e. The predicted molar refractivity (Wildman–Crippen MR) is 216 cm³/mol. The molecule has 0 aliphatic carbocycles. The Kier molecular flexibility index (Phi) is 6.02. The van der Waals surface area contributed by atoms with Crippen molar-refractivity contribution in [1.82, 2.24) is 9.13 Å². The lowest BCUT2D eigenvalue weighted by molar-refractivity contribution is 0.669. The fourth-order valence-electron chi connectivity index (χ4n) is 8.42. The molecule has 0 radical (unpaired) electrons. The second-order valence-corrected chi connectivity index (χ2v) is 13.5. The number of nitrogens with zero attached hydrogens (tertiary/aromatic N) is 4. The average molecular weight is 675 g/mol. The molecule has 0 atom stereocenters. The van der Waals surface area contributed by atoms with Crippen molar-refractivity contribution >= 4 is 82.0 Å². The molecule has 0 saturated heterocycles. The number of hydrogen-bond acceptors (Lipinski definition) is 2. The van der Waals surface area contributed by atoms with Gasteiger partial charge >= 0.3 is 0 Å². The van der Waals surface area contributed by atoms with Gasteiger partial charge in [-0.15, -0.1) is 0 Å². The van der Waals surface area contributed by atoms with E-state index < -0.39 is 0 Å². The van der Waals surface area contributed by atoms with Crippen molar-refractivity contribution < 1.29 is 4.42 Å². The minimum absolute atomic E-state index is 0.454. The van der Waals surface area contributed by atoms with Gasteiger partial charge in [-0.2, -0.15) is 5.26 Å². The van der Waals surface area contributed by atoms with Crippen molar-refractivity contribution in [3.8, 4) is 28.6 Å². The quantitative estimate of drug-likeness (QED) is 0.175. The van der Waals surface area contributed by atoms with Gasteiger partial charge in [0.05, 0.1) is 45.6 Å². The molecule has 0 saturated carbocycles. The lowest BCUT2D eigenvalue weighted by Crippen LogP contribution is -2.01. The molecule has 0 aliphatic heterocycles. The van der Waals surface area contributed by atoms with Crippen LogP contribution < -0.4 is 0 Å². The minimum atomic E-state index is 0.454. The first-order valence-corrected chi connectivity index (χ1v) is 17.5. The van der Waals surface area contributed by atoms with E-state index in [9.17, 15) is 5.26 Å². The van der Waals surface area contributed by atoms with E-state index in [4.69, 9.17) is 11.0 Å². The lowest BCUT2D eigenvalue weighted by Gasteiger charge is -2.16. The SMILES string of the molecule is [C-]#[N+]c1cc(-n2c3ccc(-c4ccccc4)cc3c3c4ccccc4ccc32)c(C#N)cc1-n1c2ccccc2c2cc3oc4ccccc4c3cc21. The molecular weight excluding hydrogens is 649 g/mol. The number of aromatic nitrogens is 2. The zero-order chi connectivity index (χ0) is 35.2. The molecular formula is C48H26N4O. The van der Waals surface area contributed by atoms with E-state index in [0.717, 1.165) is 87.4 Å². The highest BCUT2D eigenvalue weighted by atomic mass is 16.3. The smallest absolute Gasteiger partial charge is 0.212 e. The number of rotatable bonds is 3. The van der Waals surface area contributed by atoms with Crippen LogP contribution in [0.15, 0.2) is 162 Å². The fourth-order valence-corrected chi connectivity index (χ4v) is 8.42. The molecule has 3 aromatic heterocycles. The van der Waals surface area contributed by atoms with Crippen molar-refractivity contribution in [2.45, 2.75) is 0 Å². The first-order chi connectivity index (χ1) is 26.2. The topological polar surface area (TPSA) is 51.1 Å². The maximum absolute atomic E-state index is 10.9. The monoisotopic (exact) mass is 674 g/mol. The van der Waals surface area contributed by atoms with Crippen LogP contribution in [0.2, 0.25) is 0 Å². The maximum Gasteiger partial charge on any atom is 0.212 e. The molecule has 8 aromatic carbocycles. The van der Waals surface area contributed by atoms with Gasteiger partial charge in [-0.3, -0.25) is 0 Å². The normalized spacial score (nSPS) is 11.7. The number of benzene rings is 8. The Balaban J connectivity index is 1.22. The van der Waals surface area contributed by atoms with E-state index in [1.54, 1.807) is 0 Å². The van der Waals surface area contributed by atoms with Crippen molar-refractivity contribution in [1.29, 1.82) is 5.26 Å². The number of hydrogen-bond donors (Lipinski definition) is 0. The van der Waals surface area contributed by atoms with Crippen molar-refractivity contribution in [2.75, 3.05) is 0 Å². The molecule has 11 aromatic rings. The number of nitriles is 1. The Labute approximate surface area is 303 Å². The van der Waals surface area contributed by atoms with Crippen LogP contribution in [-0.4, -0.2) is 9.13 Å². The van der Waals surface area contributed by atoms with Crippen LogP contribution in [0.4, 0.5) is 5.69 Å². The molecule has 11 rings (SSSR count). The van der Waals surface area contributed by atoms with Gasteiger partial charge in [-0.25, -0.2) is 4.85 Å². The summed E-state index contributed by atoms with van der Waals surface area (Å²) in [6, 6.07) is 56.5. The number of fused-ring (bicyclic) bond motifs is 11. The minimum Gasteiger partial charge on any atom is -0.456 e. The third kappa shape index (κ3) is 4.11. The molecule has 53 heavy (non-hydrogen) atoms. The van der Waals surface area contributed by atoms with Crippen LogP contribution in [0.3, 0.4) is 0 Å². The summed E-state index contributed by atoms with van der Waals surface area (Å²) in [5, 5.41) is 19.5. The Morgan fingerprint density at radius 3 is 2.06 bits per heavy atom. The van der Waals surface area contributed by atoms with E-state index in [2.05, 4.69) is 129 Å². The molecule has 0 spiro atoms. The highest BCUT2D eigenvalue weighted by Crippen LogP contribution is 2.44. The zero-order valence-electron chi connectivity index (χ0n) is 28.2. The van der Waals surface area contributed by atoms with E-state index in [1.165, 1.54) is 0 Å². The first-order valence-electron chi connectivity index (χ1n) is 17.5. The van der Waals surface area contributed by atoms with E-state index >= 15 is 0 Å². The second kappa shape index (κ2) is 10.9. The Bertz CT molecular complexity index is 3420. The van der Waals surface area contributed by atoms with Gasteiger partial charge in [-0.05, 0) is 76.5 Å². The summed E-state index contributed by atoms with van der Waals surface area (Å²) >= 11 is 0. The van der Waals surface area contributed by atoms with Gasteiger partial charge < -0.3 is 13.6 Å². The third-order valence-corrected chi connectivity index (χ3v) is 10.7. The molecule has 244 valence electrons. The fraction of sp³-hybridized carbons (Fsp3) is 0. The second-order valence-electron chi connectivity index (χ2n) is 13.5. The Morgan fingerprint density at radius 2 is 1.21 bits per heavy atom. The molecule has 5 nitrogen and oxygen atoms in total. The number of para-hydroxylation sites is 2. The van der Waals surface area contributed by atoms with Crippen LogP contribution in [0.25, 0.3) is 104 Å². The van der Waals surface area contributed by atoms with Crippen molar-refractivity contribution in [2.24, 2.45) is 0 Å². The summed E-state index contributed by atoms with van der Waals surface area (Å²) in [5.41, 5.74) is 10.0. The van der Waals surface area contributed by atoms with Crippen LogP contribution >= 0.6 is 0 Å². The molecule has 0 fully saturated rings. The molecule has 0 unspecified atom stereocenters. The average Bonchev–Trinajstić information content (AvgIpc) is 3.86. The summed E-state index contributed by atoms with van der Waals surface area (Å²) in [5.74, 6) is 0. The summed E-state index contributed by atoms with van der Waals surface area (Å²) in [4.78, 5) is 4.14. The van der Waals surface area contributed by atoms with Gasteiger partial charge in [0.25, 0.3) is 0 Å². The summed E-state index contributed by atoms with van der Waals surface area (Å²) < 4.78 is 10.6. The zero-order valence-corrected chi connectivity index (χ0v) is 28.2. The van der Waals surface area contributed by atoms with Crippen LogP contribution in [0.5, 0.6) is 0 Å². The van der Waals surface area contributed by atoms with E-state index in [1.807, 2.05) is 48.5 Å². The van der Waals surface area contributed by atoms with Crippen LogP contribution in [-0.2, 0) is 0 Å². The molecule has 0 aliphatic rings. The summed E-state index contributed by atoms with van der Waals surface area (Å²) in [6.45, 7) is 8.53. The highest BCUT2D eigenvalue weighted by molar-refractivity contribution is 6.22. The molecule has 0 amide bonds. The van der Waals surface area contributed by atoms with Crippen molar-refractivity contribution in [3.63, 3.8) is 0 Å². The van der Waals surface area contributed by atoms with Crippen molar-refractivity contribution in [3.05, 3.63) is 175 Å². The van der Waals surface area contributed by atoms with Crippen LogP contribution in [0, 0.1) is 17.9 Å². The first kappa shape index (κ1) is 29.2. The van der Waals surface area contributed by atoms with Gasteiger partial charge in [0.2, 0.25) is 5.69 Å². The predicted octanol–water partition coefficient (Wildman–Crippen LogP) is 13.0. The summed E-state index contributed by atoms with van der Waals surface area (Å²) in [7, 11) is 0. The maximum atomic E-state index is 10.9. The van der Waals surface area contributed by atoms with Gasteiger partial charge in [0.1, 0.15) is 17.2 Å². The molecule has 0 N–H and O–H groups in total. The highest BCUT2D eigenvalue weighted by Gasteiger charge is 2.23. The standard InChI is InChI=1S/C48H26N4O/c1-50-39-27-43(51-41-21-20-31(29-11-3-2-4-12-29)23-38(41)48-33-14-6-5-13-30(33)19-22-42(48)51)32(28-49)24-45(39)52-40-17-9-7-15-34(40)36-26-47-37(25-44(36)52)35-16-8-10-18-46(35)53-47/h2-27H. The van der Waals surface area contributed by atoms with Gasteiger partial charge in [0.15, 0.2) is 0 Å². The van der Waals surface area contributed by atoms with Gasteiger partial charge in [0, 0.05) is 32.3 Å². The molecule has 3 heterocycles. The van der Waals surface area contributed by atoms with E-state index in [0.29, 0.717) is 22.6 Å². The Hall–Kier alpha value is -7.60. The van der Waals surface area contributed by atoms with Crippen LogP contribution in [0.1, 0.15) is 5.56 Å². The summed E-state index contributed by atoms with van der Waals surface area (Å²) in [6.07, 6.45) is 0. The Morgan fingerprint density at radius 1 is 0.491 bits per heavy atom. The third-order valence-electron chi connectivity index (χ3n) is 10.7. The van der Waals surface area contributed by atoms with Gasteiger partial charge in [-0.1, -0.05) is 103 Å². The molecule has 5 heteroatoms. The molecule has 0 bridgehead atoms.